The molecular weight excluding hydrogens is 303 g/mol. The summed E-state index contributed by atoms with van der Waals surface area (Å²) in [6.07, 6.45) is -2.06. The Morgan fingerprint density at radius 2 is 1.94 bits per heavy atom. The molecule has 0 aliphatic carbocycles. The number of alkyl halides is 1. The fraction of sp³-hybridized carbons (Fsp3) is 0.364. The number of esters is 1. The van der Waals surface area contributed by atoms with E-state index in [1.165, 1.54) is 12.1 Å². The molecule has 0 aliphatic rings. The molecule has 0 bridgehead atoms. The summed E-state index contributed by atoms with van der Waals surface area (Å²) in [4.78, 5) is 11.3. The maximum absolute atomic E-state index is 13.8. The normalized spacial score (nSPS) is 14.1. The Morgan fingerprint density at radius 1 is 1.39 bits per heavy atom. The van der Waals surface area contributed by atoms with Crippen LogP contribution in [0.1, 0.15) is 18.5 Å². The van der Waals surface area contributed by atoms with Gasteiger partial charge >= 0.3 is 5.97 Å². The Hall–Kier alpha value is -0.550. The molecule has 0 saturated carbocycles. The van der Waals surface area contributed by atoms with Crippen LogP contribution < -0.4 is 5.73 Å². The third-order valence-corrected chi connectivity index (χ3v) is 3.39. The van der Waals surface area contributed by atoms with Gasteiger partial charge in [0.15, 0.2) is 0 Å². The predicted molar refractivity (Wildman–Crippen MR) is 69.9 cm³/mol. The van der Waals surface area contributed by atoms with Crippen molar-refractivity contribution < 1.29 is 13.9 Å². The van der Waals surface area contributed by atoms with Crippen LogP contribution in [0, 0.1) is 0 Å². The van der Waals surface area contributed by atoms with Crippen molar-refractivity contribution in [3.63, 3.8) is 0 Å². The zero-order chi connectivity index (χ0) is 13.9. The molecule has 100 valence electrons. The number of benzene rings is 1. The average molecular weight is 315 g/mol. The molecule has 7 heteroatoms. The largest absolute Gasteiger partial charge is 0.464 e. The van der Waals surface area contributed by atoms with Gasteiger partial charge in [0.25, 0.3) is 0 Å². The first-order valence-corrected chi connectivity index (χ1v) is 6.23. The number of ether oxygens (including phenoxy) is 1. The number of halogens is 4. The molecule has 1 unspecified atom stereocenters. The maximum atomic E-state index is 13.8. The van der Waals surface area contributed by atoms with Gasteiger partial charge in [-0.2, -0.15) is 0 Å². The highest BCUT2D eigenvalue weighted by Crippen LogP contribution is 2.36. The lowest BCUT2D eigenvalue weighted by Gasteiger charge is -2.18. The lowest BCUT2D eigenvalue weighted by Crippen LogP contribution is -2.32. The van der Waals surface area contributed by atoms with E-state index in [0.29, 0.717) is 0 Å². The van der Waals surface area contributed by atoms with Crippen LogP contribution in [0.2, 0.25) is 15.1 Å². The van der Waals surface area contributed by atoms with Gasteiger partial charge in [-0.25, -0.2) is 9.18 Å². The van der Waals surface area contributed by atoms with Crippen LogP contribution in [-0.4, -0.2) is 18.7 Å². The van der Waals surface area contributed by atoms with E-state index in [2.05, 4.69) is 4.74 Å². The monoisotopic (exact) mass is 313 g/mol. The number of carbonyl (C=O) groups is 1. The predicted octanol–water partition coefficient (Wildman–Crippen LogP) is 3.55. The third-order valence-electron chi connectivity index (χ3n) is 2.24. The summed E-state index contributed by atoms with van der Waals surface area (Å²) in [6, 6.07) is 1.56. The molecule has 2 atom stereocenters. The fourth-order valence-electron chi connectivity index (χ4n) is 1.36. The van der Waals surface area contributed by atoms with E-state index in [4.69, 9.17) is 40.5 Å². The summed E-state index contributed by atoms with van der Waals surface area (Å²) in [5.41, 5.74) is 5.73. The second-order valence-electron chi connectivity index (χ2n) is 3.44. The third kappa shape index (κ3) is 3.26. The fourth-order valence-corrected chi connectivity index (χ4v) is 2.15. The topological polar surface area (TPSA) is 52.3 Å². The lowest BCUT2D eigenvalue weighted by atomic mass is 10.0. The molecule has 0 aromatic heterocycles. The highest BCUT2D eigenvalue weighted by molar-refractivity contribution is 6.44. The summed E-state index contributed by atoms with van der Waals surface area (Å²) in [5, 5.41) is 0.357. The van der Waals surface area contributed by atoms with Crippen LogP contribution in [0.15, 0.2) is 12.1 Å². The molecule has 0 saturated heterocycles. The molecule has 18 heavy (non-hydrogen) atoms. The van der Waals surface area contributed by atoms with Gasteiger partial charge < -0.3 is 10.5 Å². The molecule has 0 heterocycles. The summed E-state index contributed by atoms with van der Waals surface area (Å²) >= 11 is 17.6. The van der Waals surface area contributed by atoms with Crippen LogP contribution >= 0.6 is 34.8 Å². The summed E-state index contributed by atoms with van der Waals surface area (Å²) in [5.74, 6) is -1.06. The minimum atomic E-state index is -2.06. The van der Waals surface area contributed by atoms with Gasteiger partial charge in [-0.05, 0) is 19.1 Å². The van der Waals surface area contributed by atoms with Crippen LogP contribution in [0.4, 0.5) is 4.39 Å². The molecular formula is C11H11Cl3FNO2. The lowest BCUT2D eigenvalue weighted by molar-refractivity contribution is -0.149. The van der Waals surface area contributed by atoms with Crippen LogP contribution in [0.3, 0.4) is 0 Å². The van der Waals surface area contributed by atoms with Gasteiger partial charge in [-0.1, -0.05) is 34.8 Å². The molecule has 1 rings (SSSR count). The average Bonchev–Trinajstić information content (AvgIpc) is 2.33. The van der Waals surface area contributed by atoms with E-state index in [-0.39, 0.29) is 27.2 Å². The Bertz CT molecular complexity index is 456. The number of hydrogen-bond donors (Lipinski definition) is 1. The number of rotatable bonds is 4. The minimum absolute atomic E-state index is 0.0311. The zero-order valence-corrected chi connectivity index (χ0v) is 11.7. The Morgan fingerprint density at radius 3 is 2.50 bits per heavy atom. The molecule has 0 amide bonds. The first kappa shape index (κ1) is 15.5. The van der Waals surface area contributed by atoms with Crippen molar-refractivity contribution in [2.24, 2.45) is 5.73 Å². The molecule has 1 aromatic carbocycles. The molecule has 0 radical (unpaired) electrons. The van der Waals surface area contributed by atoms with Gasteiger partial charge in [-0.3, -0.25) is 0 Å². The molecule has 0 aliphatic heterocycles. The van der Waals surface area contributed by atoms with Gasteiger partial charge in [0.05, 0.1) is 22.7 Å². The van der Waals surface area contributed by atoms with Gasteiger partial charge in [0.2, 0.25) is 6.17 Å². The van der Waals surface area contributed by atoms with Crippen molar-refractivity contribution in [1.29, 1.82) is 0 Å². The summed E-state index contributed by atoms with van der Waals surface area (Å²) in [7, 11) is 0. The second-order valence-corrected chi connectivity index (χ2v) is 4.63. The van der Waals surface area contributed by atoms with E-state index >= 15 is 0 Å². The first-order valence-electron chi connectivity index (χ1n) is 5.09. The van der Waals surface area contributed by atoms with Crippen molar-refractivity contribution in [2.45, 2.75) is 19.1 Å². The zero-order valence-electron chi connectivity index (χ0n) is 9.42. The van der Waals surface area contributed by atoms with Crippen molar-refractivity contribution in [1.82, 2.24) is 0 Å². The standard InChI is InChI=1S/C11H11Cl3FNO2/c1-2-18-11(17)9(15)10(16)7-5(12)3-4-6(13)8(7)14/h3-4,9-10H,2,16H2,1H3/t9?,10-/m0/s1. The molecule has 0 fully saturated rings. The minimum Gasteiger partial charge on any atom is -0.464 e. The number of carbonyl (C=O) groups excluding carboxylic acids is 1. The highest BCUT2D eigenvalue weighted by atomic mass is 35.5. The van der Waals surface area contributed by atoms with Crippen molar-refractivity contribution in [2.75, 3.05) is 6.61 Å². The van der Waals surface area contributed by atoms with Crippen LogP contribution in [0.5, 0.6) is 0 Å². The van der Waals surface area contributed by atoms with E-state index in [1.807, 2.05) is 0 Å². The molecule has 2 N–H and O–H groups in total. The Balaban J connectivity index is 3.07. The van der Waals surface area contributed by atoms with Crippen molar-refractivity contribution >= 4 is 40.8 Å². The number of hydrogen-bond acceptors (Lipinski definition) is 3. The summed E-state index contributed by atoms with van der Waals surface area (Å²) in [6.45, 7) is 1.62. The van der Waals surface area contributed by atoms with E-state index < -0.39 is 18.2 Å². The van der Waals surface area contributed by atoms with Gasteiger partial charge in [-0.15, -0.1) is 0 Å². The van der Waals surface area contributed by atoms with Crippen molar-refractivity contribution in [3.8, 4) is 0 Å². The van der Waals surface area contributed by atoms with E-state index in [1.54, 1.807) is 6.92 Å². The highest BCUT2D eigenvalue weighted by Gasteiger charge is 2.31. The van der Waals surface area contributed by atoms with Crippen LogP contribution in [0.25, 0.3) is 0 Å². The molecule has 0 spiro atoms. The smallest absolute Gasteiger partial charge is 0.342 e. The van der Waals surface area contributed by atoms with Gasteiger partial charge in [0, 0.05) is 10.6 Å². The first-order chi connectivity index (χ1) is 8.40. The quantitative estimate of drug-likeness (QED) is 0.683. The van der Waals surface area contributed by atoms with Crippen LogP contribution in [-0.2, 0) is 9.53 Å². The van der Waals surface area contributed by atoms with Crippen molar-refractivity contribution in [3.05, 3.63) is 32.8 Å². The Kier molecular flexibility index (Phi) is 5.66. The molecule has 3 nitrogen and oxygen atoms in total. The SMILES string of the molecule is CCOC(=O)C(F)[C@@H](N)c1c(Cl)ccc(Cl)c1Cl. The van der Waals surface area contributed by atoms with E-state index in [9.17, 15) is 9.18 Å². The van der Waals surface area contributed by atoms with Gasteiger partial charge in [0.1, 0.15) is 0 Å². The maximum Gasteiger partial charge on any atom is 0.342 e. The number of nitrogens with two attached hydrogens (primary N) is 1. The van der Waals surface area contributed by atoms with E-state index in [0.717, 1.165) is 0 Å². The second kappa shape index (κ2) is 6.57. The Labute approximate surface area is 119 Å². The summed E-state index contributed by atoms with van der Waals surface area (Å²) < 4.78 is 18.3. The molecule has 1 aromatic rings.